The SMILES string of the molecule is CCC1(C(=O)N2CCC(CN)CC2)CCCC1. The van der Waals surface area contributed by atoms with Gasteiger partial charge in [-0.3, -0.25) is 4.79 Å². The van der Waals surface area contributed by atoms with Crippen molar-refractivity contribution in [2.24, 2.45) is 17.1 Å². The van der Waals surface area contributed by atoms with Gasteiger partial charge in [0, 0.05) is 18.5 Å². The highest BCUT2D eigenvalue weighted by atomic mass is 16.2. The lowest BCUT2D eigenvalue weighted by Gasteiger charge is -2.38. The topological polar surface area (TPSA) is 46.3 Å². The van der Waals surface area contributed by atoms with E-state index in [4.69, 9.17) is 5.73 Å². The van der Waals surface area contributed by atoms with Crippen LogP contribution >= 0.6 is 0 Å². The van der Waals surface area contributed by atoms with Crippen molar-refractivity contribution in [3.63, 3.8) is 0 Å². The summed E-state index contributed by atoms with van der Waals surface area (Å²) in [5.41, 5.74) is 5.69. The molecule has 1 saturated heterocycles. The summed E-state index contributed by atoms with van der Waals surface area (Å²) in [6.45, 7) is 4.82. The van der Waals surface area contributed by atoms with E-state index < -0.39 is 0 Å². The molecule has 1 aliphatic carbocycles. The standard InChI is InChI=1S/C14H26N2O/c1-2-14(7-3-4-8-14)13(17)16-9-5-12(11-15)6-10-16/h12H,2-11,15H2,1H3. The zero-order chi connectivity index (χ0) is 12.3. The molecule has 2 rings (SSSR count). The first-order chi connectivity index (χ1) is 8.22. The maximum Gasteiger partial charge on any atom is 0.228 e. The predicted octanol–water partition coefficient (Wildman–Crippen LogP) is 2.15. The van der Waals surface area contributed by atoms with Crippen LogP contribution in [0.2, 0.25) is 0 Å². The van der Waals surface area contributed by atoms with Crippen molar-refractivity contribution in [3.05, 3.63) is 0 Å². The van der Waals surface area contributed by atoms with Crippen molar-refractivity contribution in [2.75, 3.05) is 19.6 Å². The molecule has 3 nitrogen and oxygen atoms in total. The van der Waals surface area contributed by atoms with E-state index in [1.165, 1.54) is 12.8 Å². The van der Waals surface area contributed by atoms with Crippen molar-refractivity contribution in [1.82, 2.24) is 4.90 Å². The Kier molecular flexibility index (Phi) is 4.08. The molecule has 2 aliphatic rings. The average Bonchev–Trinajstić information content (AvgIpc) is 2.88. The van der Waals surface area contributed by atoms with E-state index in [-0.39, 0.29) is 5.41 Å². The van der Waals surface area contributed by atoms with Crippen molar-refractivity contribution >= 4 is 5.91 Å². The third-order valence-electron chi connectivity index (χ3n) is 4.93. The number of amides is 1. The van der Waals surface area contributed by atoms with E-state index in [1.54, 1.807) is 0 Å². The summed E-state index contributed by atoms with van der Waals surface area (Å²) in [5, 5.41) is 0. The summed E-state index contributed by atoms with van der Waals surface area (Å²) in [5.74, 6) is 1.08. The molecule has 1 amide bonds. The van der Waals surface area contributed by atoms with Gasteiger partial charge >= 0.3 is 0 Å². The monoisotopic (exact) mass is 238 g/mol. The van der Waals surface area contributed by atoms with Gasteiger partial charge in [0.2, 0.25) is 5.91 Å². The van der Waals surface area contributed by atoms with E-state index >= 15 is 0 Å². The van der Waals surface area contributed by atoms with Crippen molar-refractivity contribution in [2.45, 2.75) is 51.9 Å². The Morgan fingerprint density at radius 1 is 1.29 bits per heavy atom. The fourth-order valence-corrected chi connectivity index (χ4v) is 3.48. The fourth-order valence-electron chi connectivity index (χ4n) is 3.48. The average molecular weight is 238 g/mol. The molecular weight excluding hydrogens is 212 g/mol. The van der Waals surface area contributed by atoms with Crippen LogP contribution in [-0.2, 0) is 4.79 Å². The van der Waals surface area contributed by atoms with Crippen LogP contribution in [0.5, 0.6) is 0 Å². The lowest BCUT2D eigenvalue weighted by atomic mass is 9.81. The minimum Gasteiger partial charge on any atom is -0.342 e. The quantitative estimate of drug-likeness (QED) is 0.819. The van der Waals surface area contributed by atoms with Crippen LogP contribution in [0.25, 0.3) is 0 Å². The summed E-state index contributed by atoms with van der Waals surface area (Å²) >= 11 is 0. The maximum atomic E-state index is 12.6. The van der Waals surface area contributed by atoms with Gasteiger partial charge in [0.05, 0.1) is 0 Å². The van der Waals surface area contributed by atoms with E-state index in [0.717, 1.165) is 51.7 Å². The number of nitrogens with zero attached hydrogens (tertiary/aromatic N) is 1. The molecule has 98 valence electrons. The molecule has 0 aromatic rings. The zero-order valence-electron chi connectivity index (χ0n) is 11.1. The zero-order valence-corrected chi connectivity index (χ0v) is 11.1. The maximum absolute atomic E-state index is 12.6. The molecule has 0 bridgehead atoms. The molecule has 1 heterocycles. The third kappa shape index (κ3) is 2.49. The highest BCUT2D eigenvalue weighted by molar-refractivity contribution is 5.83. The van der Waals surface area contributed by atoms with Gasteiger partial charge in [-0.2, -0.15) is 0 Å². The lowest BCUT2D eigenvalue weighted by Crippen LogP contribution is -2.47. The van der Waals surface area contributed by atoms with Gasteiger partial charge in [-0.1, -0.05) is 19.8 Å². The molecular formula is C14H26N2O. The summed E-state index contributed by atoms with van der Waals surface area (Å²) in [6.07, 6.45) is 7.91. The molecule has 1 aliphatic heterocycles. The molecule has 0 aromatic heterocycles. The van der Waals surface area contributed by atoms with Gasteiger partial charge in [-0.05, 0) is 44.6 Å². The Balaban J connectivity index is 1.96. The van der Waals surface area contributed by atoms with Gasteiger partial charge in [0.25, 0.3) is 0 Å². The second-order valence-corrected chi connectivity index (χ2v) is 5.81. The number of rotatable bonds is 3. The number of carbonyl (C=O) groups excluding carboxylic acids is 1. The second-order valence-electron chi connectivity index (χ2n) is 5.81. The summed E-state index contributed by atoms with van der Waals surface area (Å²) in [6, 6.07) is 0. The van der Waals surface area contributed by atoms with Crippen LogP contribution in [0.1, 0.15) is 51.9 Å². The Bertz CT molecular complexity index is 263. The minimum absolute atomic E-state index is 0.00441. The summed E-state index contributed by atoms with van der Waals surface area (Å²) in [7, 11) is 0. The molecule has 0 spiro atoms. The predicted molar refractivity (Wildman–Crippen MR) is 69.6 cm³/mol. The molecule has 2 N–H and O–H groups in total. The van der Waals surface area contributed by atoms with Crippen LogP contribution in [0.4, 0.5) is 0 Å². The number of piperidine rings is 1. The molecule has 3 heteroatoms. The molecule has 0 aromatic carbocycles. The highest BCUT2D eigenvalue weighted by Crippen LogP contribution is 2.43. The van der Waals surface area contributed by atoms with E-state index in [9.17, 15) is 4.79 Å². The van der Waals surface area contributed by atoms with Crippen molar-refractivity contribution in [3.8, 4) is 0 Å². The molecule has 0 radical (unpaired) electrons. The van der Waals surface area contributed by atoms with Crippen LogP contribution < -0.4 is 5.73 Å². The van der Waals surface area contributed by atoms with Gasteiger partial charge in [-0.25, -0.2) is 0 Å². The van der Waals surface area contributed by atoms with Gasteiger partial charge < -0.3 is 10.6 Å². The van der Waals surface area contributed by atoms with Crippen LogP contribution in [-0.4, -0.2) is 30.4 Å². The third-order valence-corrected chi connectivity index (χ3v) is 4.93. The molecule has 0 unspecified atom stereocenters. The molecule has 2 fully saturated rings. The molecule has 17 heavy (non-hydrogen) atoms. The van der Waals surface area contributed by atoms with Crippen LogP contribution in [0.15, 0.2) is 0 Å². The van der Waals surface area contributed by atoms with Crippen LogP contribution in [0.3, 0.4) is 0 Å². The number of carbonyl (C=O) groups is 1. The largest absolute Gasteiger partial charge is 0.342 e. The fraction of sp³-hybridized carbons (Fsp3) is 0.929. The summed E-state index contributed by atoms with van der Waals surface area (Å²) in [4.78, 5) is 14.8. The van der Waals surface area contributed by atoms with Gasteiger partial charge in [0.1, 0.15) is 0 Å². The molecule has 0 atom stereocenters. The number of hydrogen-bond donors (Lipinski definition) is 1. The van der Waals surface area contributed by atoms with Crippen molar-refractivity contribution in [1.29, 1.82) is 0 Å². The molecule has 1 saturated carbocycles. The highest BCUT2D eigenvalue weighted by Gasteiger charge is 2.42. The number of likely N-dealkylation sites (tertiary alicyclic amines) is 1. The van der Waals surface area contributed by atoms with Gasteiger partial charge in [0.15, 0.2) is 0 Å². The van der Waals surface area contributed by atoms with Gasteiger partial charge in [-0.15, -0.1) is 0 Å². The normalized spacial score (nSPS) is 25.2. The first-order valence-electron chi connectivity index (χ1n) is 7.21. The van der Waals surface area contributed by atoms with Crippen LogP contribution in [0, 0.1) is 11.3 Å². The summed E-state index contributed by atoms with van der Waals surface area (Å²) < 4.78 is 0. The van der Waals surface area contributed by atoms with E-state index in [2.05, 4.69) is 11.8 Å². The van der Waals surface area contributed by atoms with E-state index in [0.29, 0.717) is 11.8 Å². The first-order valence-corrected chi connectivity index (χ1v) is 7.21. The minimum atomic E-state index is -0.00441. The Morgan fingerprint density at radius 3 is 2.35 bits per heavy atom. The smallest absolute Gasteiger partial charge is 0.228 e. The number of hydrogen-bond acceptors (Lipinski definition) is 2. The second kappa shape index (κ2) is 5.38. The Morgan fingerprint density at radius 2 is 1.88 bits per heavy atom. The lowest BCUT2D eigenvalue weighted by molar-refractivity contribution is -0.143. The Labute approximate surface area is 105 Å². The van der Waals surface area contributed by atoms with E-state index in [1.807, 2.05) is 0 Å². The number of nitrogens with two attached hydrogens (primary N) is 1. The first kappa shape index (κ1) is 12.9. The van der Waals surface area contributed by atoms with Crippen molar-refractivity contribution < 1.29 is 4.79 Å². The Hall–Kier alpha value is -0.570.